The van der Waals surface area contributed by atoms with Gasteiger partial charge in [0.1, 0.15) is 11.2 Å². The number of aryl methyl sites for hydroxylation is 2. The summed E-state index contributed by atoms with van der Waals surface area (Å²) in [4.78, 5) is 36.6. The molecule has 0 saturated heterocycles. The van der Waals surface area contributed by atoms with Crippen LogP contribution in [0.5, 0.6) is 0 Å². The molecule has 0 spiro atoms. The van der Waals surface area contributed by atoms with Crippen LogP contribution in [0.1, 0.15) is 27.2 Å². The van der Waals surface area contributed by atoms with Gasteiger partial charge in [-0.25, -0.2) is 9.59 Å². The van der Waals surface area contributed by atoms with Gasteiger partial charge in [-0.05, 0) is 31.0 Å². The van der Waals surface area contributed by atoms with E-state index in [1.54, 1.807) is 19.3 Å². The monoisotopic (exact) mass is 413 g/mol. The van der Waals surface area contributed by atoms with Crippen LogP contribution in [0.3, 0.4) is 0 Å². The predicted molar refractivity (Wildman–Crippen MR) is 105 cm³/mol. The number of carbonyl (C=O) groups is 2. The smallest absolute Gasteiger partial charge is 0.361 e. The number of anilines is 1. The Bertz CT molecular complexity index is 1330. The molecule has 0 unspecified atom stereocenters. The summed E-state index contributed by atoms with van der Waals surface area (Å²) in [5.74, 6) is -1.22. The molecule has 1 N–H and O–H groups in total. The molecule has 0 aliphatic carbocycles. The van der Waals surface area contributed by atoms with Crippen molar-refractivity contribution < 1.29 is 23.2 Å². The summed E-state index contributed by atoms with van der Waals surface area (Å²) in [6.45, 7) is 3.68. The van der Waals surface area contributed by atoms with E-state index in [1.165, 1.54) is 7.11 Å². The van der Waals surface area contributed by atoms with Crippen molar-refractivity contribution in [2.24, 2.45) is 0 Å². The summed E-state index contributed by atoms with van der Waals surface area (Å²) in [5, 5.41) is 7.98. The lowest BCUT2D eigenvalue weighted by molar-refractivity contribution is -0.115. The van der Waals surface area contributed by atoms with Gasteiger partial charge in [-0.15, -0.1) is 5.10 Å². The van der Waals surface area contributed by atoms with Crippen LogP contribution in [0.4, 0.5) is 5.00 Å². The zero-order valence-corrected chi connectivity index (χ0v) is 16.5. The van der Waals surface area contributed by atoms with E-state index in [4.69, 9.17) is 8.83 Å². The lowest BCUT2D eigenvalue weighted by Gasteiger charge is -2.08. The molecule has 29 heavy (non-hydrogen) atoms. The third-order valence-electron chi connectivity index (χ3n) is 4.63. The number of hydrogen-bond donors (Lipinski definition) is 1. The van der Waals surface area contributed by atoms with Crippen LogP contribution in [-0.2, 0) is 16.0 Å². The van der Waals surface area contributed by atoms with Crippen LogP contribution < -0.4 is 10.9 Å². The molecule has 0 fully saturated rings. The minimum absolute atomic E-state index is 0.0917. The van der Waals surface area contributed by atoms with E-state index >= 15 is 0 Å². The highest BCUT2D eigenvalue weighted by Crippen LogP contribution is 2.29. The molecule has 4 aromatic rings. The van der Waals surface area contributed by atoms with Gasteiger partial charge in [-0.1, -0.05) is 4.49 Å². The molecular weight excluding hydrogens is 398 g/mol. The van der Waals surface area contributed by atoms with Gasteiger partial charge < -0.3 is 18.9 Å². The molecular formula is C19H15N3O6S. The zero-order chi connectivity index (χ0) is 20.7. The molecule has 0 bridgehead atoms. The van der Waals surface area contributed by atoms with Gasteiger partial charge in [0.05, 0.1) is 25.4 Å². The maximum atomic E-state index is 12.5. The number of carbonyl (C=O) groups excluding carboxylic acids is 2. The third-order valence-corrected chi connectivity index (χ3v) is 5.27. The van der Waals surface area contributed by atoms with E-state index in [1.807, 2.05) is 13.0 Å². The molecule has 0 aliphatic rings. The molecule has 0 aliphatic heterocycles. The standard InChI is InChI=1S/C19H15N3O6S/c1-8-7-27-13-6-14-11(4-10(8)13)9(2)12(18(24)28-14)5-15(23)20-17-16(19(25)26-3)21-22-29-17/h4,6-7H,5H2,1-3H3,(H,20,23). The number of benzene rings is 1. The Morgan fingerprint density at radius 3 is 2.76 bits per heavy atom. The summed E-state index contributed by atoms with van der Waals surface area (Å²) >= 11 is 0.841. The summed E-state index contributed by atoms with van der Waals surface area (Å²) < 4.78 is 19.1. The number of methoxy groups -OCH3 is 1. The molecule has 0 saturated carbocycles. The molecule has 4 rings (SSSR count). The van der Waals surface area contributed by atoms with Crippen LogP contribution in [-0.4, -0.2) is 28.6 Å². The number of hydrogen-bond acceptors (Lipinski definition) is 9. The van der Waals surface area contributed by atoms with Gasteiger partial charge in [0, 0.05) is 28.4 Å². The van der Waals surface area contributed by atoms with Gasteiger partial charge in [-0.2, -0.15) is 0 Å². The van der Waals surface area contributed by atoms with Crippen molar-refractivity contribution >= 4 is 50.3 Å². The van der Waals surface area contributed by atoms with Crippen molar-refractivity contribution in [1.29, 1.82) is 0 Å². The maximum Gasteiger partial charge on any atom is 0.361 e. The van der Waals surface area contributed by atoms with E-state index < -0.39 is 17.5 Å². The fourth-order valence-electron chi connectivity index (χ4n) is 3.08. The number of rotatable bonds is 4. The number of amides is 1. The minimum atomic E-state index is -0.713. The minimum Gasteiger partial charge on any atom is -0.464 e. The lowest BCUT2D eigenvalue weighted by atomic mass is 10.0. The first-order chi connectivity index (χ1) is 13.9. The first kappa shape index (κ1) is 18.8. The van der Waals surface area contributed by atoms with Crippen molar-refractivity contribution in [3.05, 3.63) is 51.2 Å². The van der Waals surface area contributed by atoms with Gasteiger partial charge in [0.2, 0.25) is 11.6 Å². The Kier molecular flexibility index (Phi) is 4.63. The number of ether oxygens (including phenoxy) is 1. The van der Waals surface area contributed by atoms with E-state index in [2.05, 4.69) is 19.6 Å². The number of esters is 1. The Hall–Kier alpha value is -3.53. The highest BCUT2D eigenvalue weighted by molar-refractivity contribution is 7.10. The Morgan fingerprint density at radius 1 is 1.21 bits per heavy atom. The third kappa shape index (κ3) is 3.27. The van der Waals surface area contributed by atoms with Crippen molar-refractivity contribution in [2.45, 2.75) is 20.3 Å². The topological polar surface area (TPSA) is 125 Å². The van der Waals surface area contributed by atoms with Crippen molar-refractivity contribution in [1.82, 2.24) is 9.59 Å². The zero-order valence-electron chi connectivity index (χ0n) is 15.7. The second-order valence-corrected chi connectivity index (χ2v) is 7.18. The number of fused-ring (bicyclic) bond motifs is 2. The van der Waals surface area contributed by atoms with Crippen LogP contribution in [0, 0.1) is 13.8 Å². The fourth-order valence-corrected chi connectivity index (χ4v) is 3.65. The van der Waals surface area contributed by atoms with Crippen molar-refractivity contribution in [3.63, 3.8) is 0 Å². The van der Waals surface area contributed by atoms with E-state index in [9.17, 15) is 14.4 Å². The van der Waals surface area contributed by atoms with E-state index in [-0.39, 0.29) is 22.7 Å². The average Bonchev–Trinajstić information content (AvgIpc) is 3.30. The lowest BCUT2D eigenvalue weighted by Crippen LogP contribution is -2.21. The highest BCUT2D eigenvalue weighted by atomic mass is 32.1. The van der Waals surface area contributed by atoms with Crippen LogP contribution in [0.2, 0.25) is 0 Å². The Labute approximate surface area is 167 Å². The van der Waals surface area contributed by atoms with Gasteiger partial charge in [-0.3, -0.25) is 4.79 Å². The predicted octanol–water partition coefficient (Wildman–Crippen LogP) is 2.98. The summed E-state index contributed by atoms with van der Waals surface area (Å²) in [6, 6.07) is 3.55. The summed E-state index contributed by atoms with van der Waals surface area (Å²) in [5.41, 5.74) is 2.14. The largest absolute Gasteiger partial charge is 0.464 e. The highest BCUT2D eigenvalue weighted by Gasteiger charge is 2.21. The van der Waals surface area contributed by atoms with Gasteiger partial charge in [0.25, 0.3) is 0 Å². The number of nitrogens with one attached hydrogen (secondary N) is 1. The Balaban J connectivity index is 1.69. The Morgan fingerprint density at radius 2 is 2.00 bits per heavy atom. The molecule has 10 heteroatoms. The van der Waals surface area contributed by atoms with Gasteiger partial charge in [0.15, 0.2) is 5.00 Å². The normalized spacial score (nSPS) is 11.1. The van der Waals surface area contributed by atoms with Crippen LogP contribution in [0.25, 0.3) is 21.9 Å². The average molecular weight is 413 g/mol. The fraction of sp³-hybridized carbons (Fsp3) is 0.211. The van der Waals surface area contributed by atoms with Crippen molar-refractivity contribution in [2.75, 3.05) is 12.4 Å². The van der Waals surface area contributed by atoms with E-state index in [0.717, 1.165) is 27.9 Å². The summed E-state index contributed by atoms with van der Waals surface area (Å²) in [6.07, 6.45) is 1.40. The second kappa shape index (κ2) is 7.13. The molecule has 148 valence electrons. The van der Waals surface area contributed by atoms with E-state index in [0.29, 0.717) is 16.7 Å². The molecule has 0 atom stereocenters. The maximum absolute atomic E-state index is 12.5. The number of aromatic nitrogens is 2. The molecule has 1 amide bonds. The molecule has 9 nitrogen and oxygen atoms in total. The molecule has 0 radical (unpaired) electrons. The quantitative estimate of drug-likeness (QED) is 0.400. The van der Waals surface area contributed by atoms with Gasteiger partial charge >= 0.3 is 11.6 Å². The number of furan rings is 1. The second-order valence-electron chi connectivity index (χ2n) is 6.42. The molecule has 3 heterocycles. The summed E-state index contributed by atoms with van der Waals surface area (Å²) in [7, 11) is 1.20. The first-order valence-corrected chi connectivity index (χ1v) is 9.31. The first-order valence-electron chi connectivity index (χ1n) is 8.53. The SMILES string of the molecule is COC(=O)c1nnsc1NC(=O)Cc1c(C)c2cc3c(C)coc3cc2oc1=O. The van der Waals surface area contributed by atoms with Crippen LogP contribution >= 0.6 is 11.5 Å². The van der Waals surface area contributed by atoms with Crippen LogP contribution in [0.15, 0.2) is 32.0 Å². The van der Waals surface area contributed by atoms with Crippen molar-refractivity contribution in [3.8, 4) is 0 Å². The number of nitrogens with zero attached hydrogens (tertiary/aromatic N) is 2. The molecule has 3 aromatic heterocycles. The molecule has 1 aromatic carbocycles.